The van der Waals surface area contributed by atoms with Gasteiger partial charge >= 0.3 is 11.7 Å². The van der Waals surface area contributed by atoms with Gasteiger partial charge in [0.15, 0.2) is 11.9 Å². The number of H-pyrrole nitrogens is 1. The first-order valence-electron chi connectivity index (χ1n) is 8.83. The van der Waals surface area contributed by atoms with Gasteiger partial charge in [0.05, 0.1) is 10.9 Å². The molecule has 0 fully saturated rings. The maximum atomic E-state index is 12.3. The van der Waals surface area contributed by atoms with E-state index in [2.05, 4.69) is 15.1 Å². The summed E-state index contributed by atoms with van der Waals surface area (Å²) in [6, 6.07) is 15.7. The molecule has 1 atom stereocenters. The molecule has 0 amide bonds. The lowest BCUT2D eigenvalue weighted by Gasteiger charge is -2.12. The minimum Gasteiger partial charge on any atom is -0.453 e. The topological polar surface area (TPSA) is 120 Å². The zero-order valence-electron chi connectivity index (χ0n) is 15.4. The van der Waals surface area contributed by atoms with Crippen LogP contribution in [0.5, 0.6) is 0 Å². The second kappa shape index (κ2) is 7.55. The molecule has 2 heterocycles. The summed E-state index contributed by atoms with van der Waals surface area (Å²) in [7, 11) is 0. The van der Waals surface area contributed by atoms with Crippen molar-refractivity contribution < 1.29 is 13.9 Å². The number of carbonyl (C=O) groups is 1. The van der Waals surface area contributed by atoms with Gasteiger partial charge in [-0.2, -0.15) is 4.68 Å². The smallest absolute Gasteiger partial charge is 0.437 e. The molecule has 0 spiro atoms. The fourth-order valence-corrected chi connectivity index (χ4v) is 2.81. The first kappa shape index (κ1) is 18.4. The Morgan fingerprint density at radius 1 is 1.14 bits per heavy atom. The first-order valence-corrected chi connectivity index (χ1v) is 8.83. The van der Waals surface area contributed by atoms with Crippen molar-refractivity contribution in [2.75, 3.05) is 0 Å². The molecular weight excluding hydrogens is 376 g/mol. The molecular formula is C20H16N4O5. The molecule has 0 unspecified atom stereocenters. The number of fused-ring (bicyclic) bond motifs is 1. The second-order valence-electron chi connectivity index (χ2n) is 6.30. The summed E-state index contributed by atoms with van der Waals surface area (Å²) in [6.45, 7) is 1.14. The average molecular weight is 392 g/mol. The molecule has 0 bridgehead atoms. The number of benzene rings is 2. The number of esters is 1. The van der Waals surface area contributed by atoms with Gasteiger partial charge in [-0.05, 0) is 31.2 Å². The highest BCUT2D eigenvalue weighted by molar-refractivity contribution is 5.77. The Balaban J connectivity index is 1.50. The molecule has 1 N–H and O–H groups in total. The van der Waals surface area contributed by atoms with Crippen LogP contribution in [0.25, 0.3) is 22.4 Å². The van der Waals surface area contributed by atoms with Crippen molar-refractivity contribution in [3.8, 4) is 11.5 Å². The standard InChI is InChI=1S/C20H16N4O5/c1-12(17-21-15-10-6-5-9-14(15)18(26)22-17)28-16(25)11-24-20(27)29-19(23-24)13-7-3-2-4-8-13/h2-10,12H,11H2,1H3,(H,21,22,26)/t12-/m0/s1. The normalized spacial score (nSPS) is 12.0. The second-order valence-corrected chi connectivity index (χ2v) is 6.30. The van der Waals surface area contributed by atoms with Crippen molar-refractivity contribution in [3.63, 3.8) is 0 Å². The number of hydrogen-bond acceptors (Lipinski definition) is 7. The van der Waals surface area contributed by atoms with Gasteiger partial charge in [-0.3, -0.25) is 9.59 Å². The van der Waals surface area contributed by atoms with Gasteiger partial charge in [0.25, 0.3) is 5.56 Å². The maximum absolute atomic E-state index is 12.3. The number of para-hydroxylation sites is 1. The molecule has 9 heteroatoms. The quantitative estimate of drug-likeness (QED) is 0.516. The van der Waals surface area contributed by atoms with Crippen molar-refractivity contribution in [1.82, 2.24) is 19.7 Å². The molecule has 0 aliphatic carbocycles. The molecule has 0 aliphatic rings. The highest BCUT2D eigenvalue weighted by atomic mass is 16.5. The Morgan fingerprint density at radius 2 is 1.86 bits per heavy atom. The number of hydrogen-bond donors (Lipinski definition) is 1. The Labute approximate surface area is 163 Å². The predicted octanol–water partition coefficient (Wildman–Crippen LogP) is 2.04. The third-order valence-corrected chi connectivity index (χ3v) is 4.23. The summed E-state index contributed by atoms with van der Waals surface area (Å²) in [6.07, 6.45) is -0.823. The number of rotatable bonds is 5. The number of nitrogens with zero attached hydrogens (tertiary/aromatic N) is 3. The van der Waals surface area contributed by atoms with Crippen LogP contribution >= 0.6 is 0 Å². The Bertz CT molecular complexity index is 1290. The van der Waals surface area contributed by atoms with E-state index in [4.69, 9.17) is 9.15 Å². The summed E-state index contributed by atoms with van der Waals surface area (Å²) in [4.78, 5) is 43.3. The SMILES string of the molecule is C[C@H](OC(=O)Cn1nc(-c2ccccc2)oc1=O)c1nc2ccccc2c(=O)[nH]1. The first-order chi connectivity index (χ1) is 14.0. The third-order valence-electron chi connectivity index (χ3n) is 4.23. The van der Waals surface area contributed by atoms with E-state index in [9.17, 15) is 14.4 Å². The van der Waals surface area contributed by atoms with Gasteiger partial charge in [-0.25, -0.2) is 9.78 Å². The minimum absolute atomic E-state index is 0.108. The third kappa shape index (κ3) is 3.84. The van der Waals surface area contributed by atoms with Gasteiger partial charge in [0.1, 0.15) is 6.54 Å². The highest BCUT2D eigenvalue weighted by Gasteiger charge is 2.18. The molecule has 29 heavy (non-hydrogen) atoms. The minimum atomic E-state index is -0.823. The zero-order valence-corrected chi connectivity index (χ0v) is 15.4. The average Bonchev–Trinajstić information content (AvgIpc) is 3.09. The molecule has 9 nitrogen and oxygen atoms in total. The van der Waals surface area contributed by atoms with E-state index in [1.807, 2.05) is 6.07 Å². The van der Waals surface area contributed by atoms with E-state index in [-0.39, 0.29) is 17.3 Å². The van der Waals surface area contributed by atoms with Crippen LogP contribution in [0.4, 0.5) is 0 Å². The van der Waals surface area contributed by atoms with Crippen molar-refractivity contribution in [2.24, 2.45) is 0 Å². The number of aromatic nitrogens is 4. The van der Waals surface area contributed by atoms with E-state index in [1.165, 1.54) is 0 Å². The summed E-state index contributed by atoms with van der Waals surface area (Å²) in [5.74, 6) is -1.18. The molecule has 4 rings (SSSR count). The summed E-state index contributed by atoms with van der Waals surface area (Å²) in [5.41, 5.74) is 0.783. The molecule has 4 aromatic rings. The van der Waals surface area contributed by atoms with Gasteiger partial charge in [0, 0.05) is 5.56 Å². The van der Waals surface area contributed by atoms with Crippen LogP contribution in [0.15, 0.2) is 68.6 Å². The van der Waals surface area contributed by atoms with Gasteiger partial charge in [-0.15, -0.1) is 5.10 Å². The van der Waals surface area contributed by atoms with Gasteiger partial charge in [0.2, 0.25) is 5.89 Å². The number of ether oxygens (including phenoxy) is 1. The van der Waals surface area contributed by atoms with Gasteiger partial charge < -0.3 is 14.1 Å². The Morgan fingerprint density at radius 3 is 2.66 bits per heavy atom. The predicted molar refractivity (Wildman–Crippen MR) is 103 cm³/mol. The zero-order chi connectivity index (χ0) is 20.4. The molecule has 2 aromatic carbocycles. The van der Waals surface area contributed by atoms with Crippen molar-refractivity contribution in [2.45, 2.75) is 19.6 Å². The van der Waals surface area contributed by atoms with Crippen LogP contribution in [0, 0.1) is 0 Å². The van der Waals surface area contributed by atoms with E-state index in [0.717, 1.165) is 4.68 Å². The fraction of sp³-hybridized carbons (Fsp3) is 0.150. The Kier molecular flexibility index (Phi) is 4.78. The number of nitrogens with one attached hydrogen (secondary N) is 1. The fourth-order valence-electron chi connectivity index (χ4n) is 2.81. The van der Waals surface area contributed by atoms with Gasteiger partial charge in [-0.1, -0.05) is 30.3 Å². The largest absolute Gasteiger partial charge is 0.453 e. The van der Waals surface area contributed by atoms with Crippen LogP contribution in [0.3, 0.4) is 0 Å². The monoisotopic (exact) mass is 392 g/mol. The van der Waals surface area contributed by atoms with Crippen molar-refractivity contribution in [1.29, 1.82) is 0 Å². The lowest BCUT2D eigenvalue weighted by molar-refractivity contribution is -0.150. The highest BCUT2D eigenvalue weighted by Crippen LogP contribution is 2.16. The van der Waals surface area contributed by atoms with E-state index in [0.29, 0.717) is 16.5 Å². The van der Waals surface area contributed by atoms with Crippen LogP contribution in [-0.2, 0) is 16.1 Å². The van der Waals surface area contributed by atoms with Crippen LogP contribution in [0.2, 0.25) is 0 Å². The molecule has 146 valence electrons. The van der Waals surface area contributed by atoms with Crippen LogP contribution in [0.1, 0.15) is 18.9 Å². The molecule has 0 radical (unpaired) electrons. The van der Waals surface area contributed by atoms with E-state index in [1.54, 1.807) is 55.5 Å². The summed E-state index contributed by atoms with van der Waals surface area (Å²) >= 11 is 0. The number of carbonyl (C=O) groups excluding carboxylic acids is 1. The van der Waals surface area contributed by atoms with Crippen LogP contribution < -0.4 is 11.3 Å². The lowest BCUT2D eigenvalue weighted by atomic mass is 10.2. The Hall–Kier alpha value is -4.01. The maximum Gasteiger partial charge on any atom is 0.437 e. The van der Waals surface area contributed by atoms with Crippen molar-refractivity contribution >= 4 is 16.9 Å². The number of aromatic amines is 1. The van der Waals surface area contributed by atoms with Crippen molar-refractivity contribution in [3.05, 3.63) is 81.3 Å². The summed E-state index contributed by atoms with van der Waals surface area (Å²) in [5, 5.41) is 4.46. The molecule has 0 saturated carbocycles. The molecule has 0 aliphatic heterocycles. The van der Waals surface area contributed by atoms with Crippen LogP contribution in [-0.4, -0.2) is 25.7 Å². The summed E-state index contributed by atoms with van der Waals surface area (Å²) < 4.78 is 11.3. The molecule has 2 aromatic heterocycles. The molecule has 0 saturated heterocycles. The lowest BCUT2D eigenvalue weighted by Crippen LogP contribution is -2.24. The van der Waals surface area contributed by atoms with E-state index >= 15 is 0 Å². The van der Waals surface area contributed by atoms with E-state index < -0.39 is 24.4 Å².